The second-order valence-corrected chi connectivity index (χ2v) is 7.16. The molecule has 0 aliphatic carbocycles. The lowest BCUT2D eigenvalue weighted by atomic mass is 10.2. The van der Waals surface area contributed by atoms with Gasteiger partial charge in [-0.05, 0) is 35.9 Å². The maximum Gasteiger partial charge on any atom is 0.337 e. The van der Waals surface area contributed by atoms with E-state index in [1.54, 1.807) is 41.0 Å². The molecule has 0 saturated heterocycles. The zero-order chi connectivity index (χ0) is 21.3. The molecular formula is C21H18ClFN4O3. The van der Waals surface area contributed by atoms with Gasteiger partial charge in [0, 0.05) is 18.7 Å². The molecule has 0 amide bonds. The Labute approximate surface area is 175 Å². The summed E-state index contributed by atoms with van der Waals surface area (Å²) in [4.78, 5) is 30.7. The third-order valence-electron chi connectivity index (χ3n) is 4.73. The number of hydrogen-bond donors (Lipinski definition) is 0. The standard InChI is InChI=1S/C21H18ClFN4O3/c1-30-9-8-26-20(28)18-19(27(21(26)29)17-7-3-5-15(22)11-17)24-13-25(18)12-14-4-2-6-16(23)10-14/h2-7,10-11,13H,8-9,12H2,1H3. The Morgan fingerprint density at radius 3 is 2.67 bits per heavy atom. The molecule has 0 bridgehead atoms. The van der Waals surface area contributed by atoms with Crippen LogP contribution in [0.4, 0.5) is 4.39 Å². The van der Waals surface area contributed by atoms with Crippen LogP contribution in [0.2, 0.25) is 5.02 Å². The highest BCUT2D eigenvalue weighted by Gasteiger charge is 2.19. The fourth-order valence-electron chi connectivity index (χ4n) is 3.36. The Hall–Kier alpha value is -3.23. The maximum atomic E-state index is 13.6. The Bertz CT molecular complexity index is 1340. The fraction of sp³-hybridized carbons (Fsp3) is 0.190. The molecule has 2 heterocycles. The number of rotatable bonds is 6. The molecule has 154 valence electrons. The molecule has 0 aliphatic heterocycles. The summed E-state index contributed by atoms with van der Waals surface area (Å²) < 4.78 is 22.7. The predicted octanol–water partition coefficient (Wildman–Crippen LogP) is 2.84. The van der Waals surface area contributed by atoms with Crippen LogP contribution in [0.25, 0.3) is 16.9 Å². The lowest BCUT2D eigenvalue weighted by molar-refractivity contribution is 0.184. The van der Waals surface area contributed by atoms with Crippen molar-refractivity contribution >= 4 is 22.8 Å². The lowest BCUT2D eigenvalue weighted by Gasteiger charge is -2.13. The summed E-state index contributed by atoms with van der Waals surface area (Å²) >= 11 is 6.12. The molecule has 0 saturated carbocycles. The topological polar surface area (TPSA) is 71.1 Å². The van der Waals surface area contributed by atoms with Gasteiger partial charge in [0.25, 0.3) is 5.56 Å². The minimum absolute atomic E-state index is 0.0792. The van der Waals surface area contributed by atoms with E-state index in [4.69, 9.17) is 16.3 Å². The number of aromatic nitrogens is 4. The van der Waals surface area contributed by atoms with E-state index in [1.807, 2.05) is 0 Å². The Morgan fingerprint density at radius 1 is 1.13 bits per heavy atom. The van der Waals surface area contributed by atoms with E-state index >= 15 is 0 Å². The second kappa shape index (κ2) is 8.25. The number of hydrogen-bond acceptors (Lipinski definition) is 4. The molecule has 0 radical (unpaired) electrons. The molecule has 0 aliphatic rings. The Morgan fingerprint density at radius 2 is 1.93 bits per heavy atom. The summed E-state index contributed by atoms with van der Waals surface area (Å²) in [5, 5.41) is 0.446. The van der Waals surface area contributed by atoms with Gasteiger partial charge in [-0.1, -0.05) is 29.8 Å². The number of ether oxygens (including phenoxy) is 1. The molecule has 30 heavy (non-hydrogen) atoms. The smallest absolute Gasteiger partial charge is 0.337 e. The number of benzene rings is 2. The first-order chi connectivity index (χ1) is 14.5. The minimum Gasteiger partial charge on any atom is -0.383 e. The van der Waals surface area contributed by atoms with Crippen LogP contribution < -0.4 is 11.2 Å². The molecule has 0 N–H and O–H groups in total. The monoisotopic (exact) mass is 428 g/mol. The Kier molecular flexibility index (Phi) is 5.52. The van der Waals surface area contributed by atoms with Crippen molar-refractivity contribution in [2.75, 3.05) is 13.7 Å². The van der Waals surface area contributed by atoms with Gasteiger partial charge in [0.2, 0.25) is 0 Å². The molecule has 2 aromatic carbocycles. The van der Waals surface area contributed by atoms with Crippen LogP contribution in [-0.4, -0.2) is 32.4 Å². The highest BCUT2D eigenvalue weighted by atomic mass is 35.5. The molecule has 2 aromatic heterocycles. The second-order valence-electron chi connectivity index (χ2n) is 6.72. The average Bonchev–Trinajstić information content (AvgIpc) is 3.11. The summed E-state index contributed by atoms with van der Waals surface area (Å²) in [7, 11) is 1.49. The number of halogens is 2. The molecule has 0 atom stereocenters. The van der Waals surface area contributed by atoms with Gasteiger partial charge in [-0.15, -0.1) is 0 Å². The highest BCUT2D eigenvalue weighted by molar-refractivity contribution is 6.30. The largest absolute Gasteiger partial charge is 0.383 e. The van der Waals surface area contributed by atoms with Crippen LogP contribution in [0.3, 0.4) is 0 Å². The predicted molar refractivity (Wildman–Crippen MR) is 112 cm³/mol. The molecule has 9 heteroatoms. The van der Waals surface area contributed by atoms with Crippen LogP contribution in [0, 0.1) is 5.82 Å². The van der Waals surface area contributed by atoms with Crippen molar-refractivity contribution < 1.29 is 9.13 Å². The third-order valence-corrected chi connectivity index (χ3v) is 4.96. The summed E-state index contributed by atoms with van der Waals surface area (Å²) in [6.07, 6.45) is 1.47. The summed E-state index contributed by atoms with van der Waals surface area (Å²) in [6.45, 7) is 0.492. The average molecular weight is 429 g/mol. The number of nitrogens with zero attached hydrogens (tertiary/aromatic N) is 4. The first kappa shape index (κ1) is 20.1. The van der Waals surface area contributed by atoms with E-state index in [-0.39, 0.29) is 36.7 Å². The quantitative estimate of drug-likeness (QED) is 0.473. The first-order valence-electron chi connectivity index (χ1n) is 9.19. The van der Waals surface area contributed by atoms with Crippen molar-refractivity contribution in [2.24, 2.45) is 0 Å². The van der Waals surface area contributed by atoms with Crippen LogP contribution in [0.15, 0.2) is 64.4 Å². The van der Waals surface area contributed by atoms with Crippen molar-refractivity contribution in [1.29, 1.82) is 0 Å². The van der Waals surface area contributed by atoms with E-state index in [1.165, 1.54) is 30.1 Å². The van der Waals surface area contributed by atoms with Crippen LogP contribution >= 0.6 is 11.6 Å². The van der Waals surface area contributed by atoms with Gasteiger partial charge in [-0.2, -0.15) is 0 Å². The molecule has 0 fully saturated rings. The molecule has 4 rings (SSSR count). The van der Waals surface area contributed by atoms with E-state index < -0.39 is 11.2 Å². The van der Waals surface area contributed by atoms with Gasteiger partial charge >= 0.3 is 5.69 Å². The van der Waals surface area contributed by atoms with Crippen LogP contribution in [-0.2, 0) is 17.8 Å². The van der Waals surface area contributed by atoms with Gasteiger partial charge in [0.05, 0.1) is 25.2 Å². The van der Waals surface area contributed by atoms with Crippen molar-refractivity contribution in [3.05, 3.63) is 92.1 Å². The van der Waals surface area contributed by atoms with Crippen LogP contribution in [0.5, 0.6) is 0 Å². The summed E-state index contributed by atoms with van der Waals surface area (Å²) in [6, 6.07) is 12.8. The van der Waals surface area contributed by atoms with Gasteiger partial charge in [0.15, 0.2) is 11.2 Å². The Balaban J connectivity index is 1.98. The van der Waals surface area contributed by atoms with Crippen molar-refractivity contribution in [1.82, 2.24) is 18.7 Å². The maximum absolute atomic E-state index is 13.6. The first-order valence-corrected chi connectivity index (χ1v) is 9.57. The zero-order valence-electron chi connectivity index (χ0n) is 16.1. The van der Waals surface area contributed by atoms with Crippen molar-refractivity contribution in [3.8, 4) is 5.69 Å². The minimum atomic E-state index is -0.539. The van der Waals surface area contributed by atoms with Crippen LogP contribution in [0.1, 0.15) is 5.56 Å². The van der Waals surface area contributed by atoms with Gasteiger partial charge < -0.3 is 9.30 Å². The van der Waals surface area contributed by atoms with Gasteiger partial charge in [0.1, 0.15) is 5.82 Å². The van der Waals surface area contributed by atoms with E-state index in [0.29, 0.717) is 16.3 Å². The van der Waals surface area contributed by atoms with Crippen molar-refractivity contribution in [3.63, 3.8) is 0 Å². The van der Waals surface area contributed by atoms with E-state index in [2.05, 4.69) is 4.98 Å². The fourth-order valence-corrected chi connectivity index (χ4v) is 3.54. The summed E-state index contributed by atoms with van der Waals surface area (Å²) in [5.41, 5.74) is 0.562. The molecule has 0 spiro atoms. The third kappa shape index (κ3) is 3.67. The number of methoxy groups -OCH3 is 1. The molecule has 7 nitrogen and oxygen atoms in total. The zero-order valence-corrected chi connectivity index (χ0v) is 16.8. The van der Waals surface area contributed by atoms with Crippen molar-refractivity contribution in [2.45, 2.75) is 13.1 Å². The molecular weight excluding hydrogens is 411 g/mol. The number of fused-ring (bicyclic) bond motifs is 1. The summed E-state index contributed by atoms with van der Waals surface area (Å²) in [5.74, 6) is -0.370. The molecule has 4 aromatic rings. The van der Waals surface area contributed by atoms with E-state index in [0.717, 1.165) is 4.57 Å². The lowest BCUT2D eigenvalue weighted by Crippen LogP contribution is -2.41. The number of imidazole rings is 1. The normalized spacial score (nSPS) is 11.3. The highest BCUT2D eigenvalue weighted by Crippen LogP contribution is 2.18. The molecule has 0 unspecified atom stereocenters. The van der Waals surface area contributed by atoms with E-state index in [9.17, 15) is 14.0 Å². The van der Waals surface area contributed by atoms with Gasteiger partial charge in [-0.3, -0.25) is 9.36 Å². The SMILES string of the molecule is COCCn1c(=O)c2c(ncn2Cc2cccc(F)c2)n(-c2cccc(Cl)c2)c1=O. The van der Waals surface area contributed by atoms with Gasteiger partial charge in [-0.25, -0.2) is 18.7 Å².